The molecule has 3 aromatic rings. The maximum Gasteiger partial charge on any atom is 0.247 e. The monoisotopic (exact) mass is 297 g/mol. The van der Waals surface area contributed by atoms with Gasteiger partial charge >= 0.3 is 0 Å². The second-order valence-corrected chi connectivity index (χ2v) is 5.89. The molecule has 4 nitrogen and oxygen atoms in total. The van der Waals surface area contributed by atoms with Gasteiger partial charge in [-0.2, -0.15) is 0 Å². The number of amides is 1. The van der Waals surface area contributed by atoms with Crippen LogP contribution in [0.5, 0.6) is 0 Å². The standard InChI is InChI=1S/C16H15N3OS/c1-10-6-8-11(9-7-10)14(17)15(20)19-16-18-12-4-2-3-5-13(12)21-16/h2-9,14H,17H2,1H3,(H,18,19,20). The van der Waals surface area contributed by atoms with Gasteiger partial charge < -0.3 is 11.1 Å². The second kappa shape index (κ2) is 5.63. The Labute approximate surface area is 126 Å². The zero-order chi connectivity index (χ0) is 14.8. The lowest BCUT2D eigenvalue weighted by molar-refractivity contribution is -0.117. The Bertz CT molecular complexity index is 747. The van der Waals surface area contributed by atoms with Gasteiger partial charge in [-0.15, -0.1) is 0 Å². The van der Waals surface area contributed by atoms with E-state index in [0.717, 1.165) is 21.3 Å². The van der Waals surface area contributed by atoms with Gasteiger partial charge in [-0.1, -0.05) is 53.3 Å². The summed E-state index contributed by atoms with van der Waals surface area (Å²) in [5.74, 6) is -0.252. The van der Waals surface area contributed by atoms with Crippen LogP contribution >= 0.6 is 11.3 Å². The van der Waals surface area contributed by atoms with Gasteiger partial charge in [0.15, 0.2) is 5.13 Å². The summed E-state index contributed by atoms with van der Waals surface area (Å²) in [6.45, 7) is 2.00. The highest BCUT2D eigenvalue weighted by atomic mass is 32.1. The van der Waals surface area contributed by atoms with Crippen molar-refractivity contribution in [1.82, 2.24) is 4.98 Å². The lowest BCUT2D eigenvalue weighted by Gasteiger charge is -2.11. The summed E-state index contributed by atoms with van der Waals surface area (Å²) in [5, 5.41) is 3.36. The van der Waals surface area contributed by atoms with E-state index >= 15 is 0 Å². The van der Waals surface area contributed by atoms with Gasteiger partial charge in [-0.25, -0.2) is 4.98 Å². The molecule has 1 amide bonds. The molecule has 21 heavy (non-hydrogen) atoms. The second-order valence-electron chi connectivity index (χ2n) is 4.86. The van der Waals surface area contributed by atoms with E-state index in [1.54, 1.807) is 0 Å². The average molecular weight is 297 g/mol. The van der Waals surface area contributed by atoms with Crippen LogP contribution in [0, 0.1) is 6.92 Å². The number of nitrogens with zero attached hydrogens (tertiary/aromatic N) is 1. The number of anilines is 1. The SMILES string of the molecule is Cc1ccc(C(N)C(=O)Nc2nc3ccccc3s2)cc1. The van der Waals surface area contributed by atoms with E-state index in [2.05, 4.69) is 10.3 Å². The molecule has 0 aliphatic heterocycles. The summed E-state index contributed by atoms with van der Waals surface area (Å²) in [6.07, 6.45) is 0. The number of para-hydroxylation sites is 1. The van der Waals surface area contributed by atoms with Crippen molar-refractivity contribution < 1.29 is 4.79 Å². The van der Waals surface area contributed by atoms with Crippen LogP contribution in [0.15, 0.2) is 48.5 Å². The fraction of sp³-hybridized carbons (Fsp3) is 0.125. The Balaban J connectivity index is 1.77. The van der Waals surface area contributed by atoms with Gasteiger partial charge in [-0.3, -0.25) is 4.79 Å². The molecule has 0 spiro atoms. The lowest BCUT2D eigenvalue weighted by Crippen LogP contribution is -2.27. The predicted molar refractivity (Wildman–Crippen MR) is 86.4 cm³/mol. The minimum atomic E-state index is -0.697. The third kappa shape index (κ3) is 2.94. The smallest absolute Gasteiger partial charge is 0.247 e. The van der Waals surface area contributed by atoms with Crippen LogP contribution in [0.4, 0.5) is 5.13 Å². The fourth-order valence-electron chi connectivity index (χ4n) is 2.03. The largest absolute Gasteiger partial charge is 0.316 e. The highest BCUT2D eigenvalue weighted by Gasteiger charge is 2.17. The molecule has 0 fully saturated rings. The third-order valence-corrected chi connectivity index (χ3v) is 4.19. The molecule has 5 heteroatoms. The molecule has 0 bridgehead atoms. The van der Waals surface area contributed by atoms with Crippen molar-refractivity contribution in [2.24, 2.45) is 5.73 Å². The number of fused-ring (bicyclic) bond motifs is 1. The summed E-state index contributed by atoms with van der Waals surface area (Å²) >= 11 is 1.44. The topological polar surface area (TPSA) is 68.0 Å². The molecule has 3 rings (SSSR count). The molecule has 0 radical (unpaired) electrons. The molecular formula is C16H15N3OS. The van der Waals surface area contributed by atoms with Crippen LogP contribution < -0.4 is 11.1 Å². The number of hydrogen-bond acceptors (Lipinski definition) is 4. The highest BCUT2D eigenvalue weighted by molar-refractivity contribution is 7.22. The Kier molecular flexibility index (Phi) is 3.68. The molecule has 0 saturated carbocycles. The van der Waals surface area contributed by atoms with Crippen molar-refractivity contribution >= 4 is 32.6 Å². The Morgan fingerprint density at radius 1 is 1.19 bits per heavy atom. The molecule has 0 aliphatic carbocycles. The summed E-state index contributed by atoms with van der Waals surface area (Å²) in [6, 6.07) is 14.7. The first-order chi connectivity index (χ1) is 10.1. The van der Waals surface area contributed by atoms with Crippen LogP contribution in [0.2, 0.25) is 0 Å². The van der Waals surface area contributed by atoms with Crippen LogP contribution in [-0.2, 0) is 4.79 Å². The zero-order valence-electron chi connectivity index (χ0n) is 11.5. The molecule has 0 aliphatic rings. The maximum absolute atomic E-state index is 12.2. The minimum Gasteiger partial charge on any atom is -0.316 e. The van der Waals surface area contributed by atoms with Crippen molar-refractivity contribution in [3.05, 3.63) is 59.7 Å². The zero-order valence-corrected chi connectivity index (χ0v) is 12.4. The minimum absolute atomic E-state index is 0.252. The van der Waals surface area contributed by atoms with E-state index in [1.165, 1.54) is 11.3 Å². The van der Waals surface area contributed by atoms with Crippen LogP contribution in [-0.4, -0.2) is 10.9 Å². The van der Waals surface area contributed by atoms with Crippen LogP contribution in [0.1, 0.15) is 17.2 Å². The van der Waals surface area contributed by atoms with Crippen molar-refractivity contribution in [3.8, 4) is 0 Å². The number of benzene rings is 2. The van der Waals surface area contributed by atoms with Crippen molar-refractivity contribution in [3.63, 3.8) is 0 Å². The van der Waals surface area contributed by atoms with Crippen LogP contribution in [0.3, 0.4) is 0 Å². The van der Waals surface area contributed by atoms with Gasteiger partial charge in [0.2, 0.25) is 5.91 Å². The summed E-state index contributed by atoms with van der Waals surface area (Å²) in [4.78, 5) is 16.6. The number of aromatic nitrogens is 1. The summed E-state index contributed by atoms with van der Waals surface area (Å²) < 4.78 is 1.04. The molecule has 0 saturated heterocycles. The first-order valence-electron chi connectivity index (χ1n) is 6.62. The van der Waals surface area contributed by atoms with E-state index in [-0.39, 0.29) is 5.91 Å². The number of rotatable bonds is 3. The highest BCUT2D eigenvalue weighted by Crippen LogP contribution is 2.26. The van der Waals surface area contributed by atoms with E-state index < -0.39 is 6.04 Å². The quantitative estimate of drug-likeness (QED) is 0.780. The Hall–Kier alpha value is -2.24. The molecule has 1 atom stereocenters. The summed E-state index contributed by atoms with van der Waals surface area (Å²) in [7, 11) is 0. The Morgan fingerprint density at radius 2 is 1.90 bits per heavy atom. The number of carbonyl (C=O) groups is 1. The number of hydrogen-bond donors (Lipinski definition) is 2. The third-order valence-electron chi connectivity index (χ3n) is 3.24. The van der Waals surface area contributed by atoms with Gasteiger partial charge in [-0.05, 0) is 24.6 Å². The average Bonchev–Trinajstić information content (AvgIpc) is 2.89. The molecule has 3 N–H and O–H groups in total. The van der Waals surface area contributed by atoms with Crippen molar-refractivity contribution in [2.45, 2.75) is 13.0 Å². The maximum atomic E-state index is 12.2. The molecule has 1 unspecified atom stereocenters. The summed E-state index contributed by atoms with van der Waals surface area (Å²) in [5.41, 5.74) is 8.80. The number of nitrogens with one attached hydrogen (secondary N) is 1. The van der Waals surface area contributed by atoms with Gasteiger partial charge in [0.1, 0.15) is 6.04 Å². The van der Waals surface area contributed by atoms with Gasteiger partial charge in [0, 0.05) is 0 Å². The molecule has 1 aromatic heterocycles. The van der Waals surface area contributed by atoms with E-state index in [4.69, 9.17) is 5.73 Å². The number of carbonyl (C=O) groups excluding carboxylic acids is 1. The van der Waals surface area contributed by atoms with E-state index in [0.29, 0.717) is 5.13 Å². The number of thiazole rings is 1. The van der Waals surface area contributed by atoms with Crippen molar-refractivity contribution in [1.29, 1.82) is 0 Å². The van der Waals surface area contributed by atoms with Crippen LogP contribution in [0.25, 0.3) is 10.2 Å². The van der Waals surface area contributed by atoms with Gasteiger partial charge in [0.05, 0.1) is 10.2 Å². The Morgan fingerprint density at radius 3 is 2.62 bits per heavy atom. The fourth-order valence-corrected chi connectivity index (χ4v) is 2.90. The normalized spacial score (nSPS) is 12.3. The predicted octanol–water partition coefficient (Wildman–Crippen LogP) is 3.24. The number of nitrogens with two attached hydrogens (primary N) is 1. The first kappa shape index (κ1) is 13.7. The van der Waals surface area contributed by atoms with E-state index in [9.17, 15) is 4.79 Å². The molecule has 2 aromatic carbocycles. The van der Waals surface area contributed by atoms with E-state index in [1.807, 2.05) is 55.5 Å². The molecule has 106 valence electrons. The molecule has 1 heterocycles. The lowest BCUT2D eigenvalue weighted by atomic mass is 10.1. The first-order valence-corrected chi connectivity index (χ1v) is 7.44. The van der Waals surface area contributed by atoms with Gasteiger partial charge in [0.25, 0.3) is 0 Å². The van der Waals surface area contributed by atoms with Crippen molar-refractivity contribution in [2.75, 3.05) is 5.32 Å². The molecular weight excluding hydrogens is 282 g/mol. The number of aryl methyl sites for hydroxylation is 1.